The number of nitrogens with one attached hydrogen (secondary N) is 1. The van der Waals surface area contributed by atoms with E-state index in [0.717, 1.165) is 16.2 Å². The summed E-state index contributed by atoms with van der Waals surface area (Å²) in [4.78, 5) is 58.7. The van der Waals surface area contributed by atoms with Crippen LogP contribution in [0.5, 0.6) is 0 Å². The van der Waals surface area contributed by atoms with Crippen molar-refractivity contribution in [2.75, 3.05) is 18.6 Å². The number of thiazole rings is 1. The van der Waals surface area contributed by atoms with Crippen LogP contribution in [0.1, 0.15) is 16.1 Å². The number of nitrogens with two attached hydrogens (primary N) is 2. The number of aromatic nitrogens is 2. The van der Waals surface area contributed by atoms with Crippen LogP contribution in [0.4, 0.5) is 5.13 Å². The minimum Gasteiger partial charge on any atom is -0.543 e. The lowest BCUT2D eigenvalue weighted by molar-refractivity contribution is -0.687. The number of β-lactam (4-membered cyclic amide) rings is 1. The number of pyridine rings is 1. The molecule has 0 bridgehead atoms. The van der Waals surface area contributed by atoms with Gasteiger partial charge < -0.3 is 31.5 Å². The Morgan fingerprint density at radius 2 is 2.11 bits per heavy atom. The molecule has 4 rings (SSSR count). The van der Waals surface area contributed by atoms with Crippen molar-refractivity contribution < 1.29 is 33.7 Å². The number of carboxylic acids is 1. The number of hydrogen-bond donors (Lipinski definition) is 3. The molecule has 2 aliphatic rings. The van der Waals surface area contributed by atoms with E-state index in [1.54, 1.807) is 41.2 Å². The zero-order valence-electron chi connectivity index (χ0n) is 19.3. The van der Waals surface area contributed by atoms with E-state index in [1.807, 2.05) is 0 Å². The van der Waals surface area contributed by atoms with Crippen LogP contribution >= 0.6 is 23.1 Å². The topological polar surface area (TPSA) is 197 Å². The number of amides is 3. The molecule has 192 valence electrons. The van der Waals surface area contributed by atoms with Gasteiger partial charge in [0.2, 0.25) is 5.91 Å². The highest BCUT2D eigenvalue weighted by Gasteiger charge is 2.53. The van der Waals surface area contributed by atoms with E-state index in [0.29, 0.717) is 17.7 Å². The molecule has 0 aromatic carbocycles. The van der Waals surface area contributed by atoms with E-state index in [-0.39, 0.29) is 28.0 Å². The number of nitrogen functional groups attached to an aromatic ring is 1. The van der Waals surface area contributed by atoms with Crippen LogP contribution in [-0.4, -0.2) is 63.6 Å². The molecule has 0 saturated carbocycles. The van der Waals surface area contributed by atoms with Crippen LogP contribution in [0.2, 0.25) is 0 Å². The maximum absolute atomic E-state index is 12.9. The molecule has 4 heterocycles. The van der Waals surface area contributed by atoms with Gasteiger partial charge in [0.25, 0.3) is 11.8 Å². The number of allylic oxidation sites excluding steroid dienone is 2. The number of nitrogens with zero attached hydrogens (tertiary/aromatic N) is 4. The van der Waals surface area contributed by atoms with Crippen LogP contribution in [-0.2, 0) is 25.8 Å². The quantitative estimate of drug-likeness (QED) is 0.140. The molecule has 37 heavy (non-hydrogen) atoms. The first-order valence-electron chi connectivity index (χ1n) is 10.7. The summed E-state index contributed by atoms with van der Waals surface area (Å²) >= 11 is 2.41. The zero-order valence-corrected chi connectivity index (χ0v) is 21.0. The number of carbonyl (C=O) groups is 4. The SMILES string of the molecule is CO/N=C(\C(=O)NC1C(=O)N2C(C(=O)[O-])=C(/C=C/C[n+]3ccc(C(N)=O)cc3)CS[C@H]12)c1csc(N)n1. The first-order chi connectivity index (χ1) is 17.7. The molecule has 15 heteroatoms. The van der Waals surface area contributed by atoms with Gasteiger partial charge in [-0.2, -0.15) is 0 Å². The summed E-state index contributed by atoms with van der Waals surface area (Å²) in [5.74, 6) is -3.07. The van der Waals surface area contributed by atoms with Gasteiger partial charge >= 0.3 is 0 Å². The smallest absolute Gasteiger partial charge is 0.276 e. The Bertz CT molecular complexity index is 1350. The summed E-state index contributed by atoms with van der Waals surface area (Å²) in [6.45, 7) is 0.381. The number of fused-ring (bicyclic) bond motifs is 1. The molecule has 1 fully saturated rings. The molecule has 0 spiro atoms. The average molecular weight is 544 g/mol. The van der Waals surface area contributed by atoms with Gasteiger partial charge in [-0.15, -0.1) is 23.1 Å². The summed E-state index contributed by atoms with van der Waals surface area (Å²) in [6.07, 6.45) is 6.66. The Hall–Kier alpha value is -4.24. The van der Waals surface area contributed by atoms with Crippen molar-refractivity contribution in [2.45, 2.75) is 18.0 Å². The predicted molar refractivity (Wildman–Crippen MR) is 131 cm³/mol. The maximum Gasteiger partial charge on any atom is 0.276 e. The van der Waals surface area contributed by atoms with Crippen molar-refractivity contribution in [2.24, 2.45) is 10.9 Å². The molecule has 2 aliphatic heterocycles. The largest absolute Gasteiger partial charge is 0.543 e. The Morgan fingerprint density at radius 3 is 2.70 bits per heavy atom. The Balaban J connectivity index is 1.47. The van der Waals surface area contributed by atoms with Gasteiger partial charge in [-0.1, -0.05) is 11.2 Å². The highest BCUT2D eigenvalue weighted by Crippen LogP contribution is 2.40. The number of rotatable bonds is 9. The molecule has 2 atom stereocenters. The maximum atomic E-state index is 12.9. The number of oxime groups is 1. The third-order valence-electron chi connectivity index (χ3n) is 5.45. The Morgan fingerprint density at radius 1 is 1.38 bits per heavy atom. The van der Waals surface area contributed by atoms with Gasteiger partial charge in [0.15, 0.2) is 29.8 Å². The van der Waals surface area contributed by atoms with E-state index >= 15 is 0 Å². The molecule has 3 amide bonds. The summed E-state index contributed by atoms with van der Waals surface area (Å²) < 4.78 is 1.76. The van der Waals surface area contributed by atoms with Crippen molar-refractivity contribution in [3.05, 3.63) is 64.6 Å². The minimum atomic E-state index is -1.50. The van der Waals surface area contributed by atoms with Gasteiger partial charge in [-0.25, -0.2) is 9.55 Å². The summed E-state index contributed by atoms with van der Waals surface area (Å²) in [7, 11) is 1.26. The molecule has 0 aliphatic carbocycles. The standard InChI is InChI=1S/C22H21N7O6S2/c1-35-27-14(13-10-37-22(24)25-13)18(31)26-15-19(32)29-16(21(33)34)12(9-36-20(15)29)3-2-6-28-7-4-11(5-8-28)17(23)30/h2-5,7-8,10,15,20H,6,9H2,1H3,(H5-,23,24,25,26,30,31,33,34)/b3-2+,27-14-/t15?,20-/m1/s1. The first-order valence-corrected chi connectivity index (χ1v) is 12.6. The van der Waals surface area contributed by atoms with Crippen LogP contribution < -0.4 is 26.5 Å². The van der Waals surface area contributed by atoms with Crippen LogP contribution in [0.3, 0.4) is 0 Å². The van der Waals surface area contributed by atoms with Gasteiger partial charge in [0.1, 0.15) is 24.2 Å². The molecule has 1 unspecified atom stereocenters. The fourth-order valence-corrected chi connectivity index (χ4v) is 5.59. The third-order valence-corrected chi connectivity index (χ3v) is 7.43. The van der Waals surface area contributed by atoms with E-state index in [4.69, 9.17) is 16.3 Å². The monoisotopic (exact) mass is 543 g/mol. The fraction of sp³-hybridized carbons (Fsp3) is 0.227. The number of primary amides is 1. The summed E-state index contributed by atoms with van der Waals surface area (Å²) in [5.41, 5.74) is 11.4. The average Bonchev–Trinajstić information content (AvgIpc) is 3.31. The number of carboxylic acid groups (broad SMARTS) is 1. The van der Waals surface area contributed by atoms with Crippen molar-refractivity contribution in [1.29, 1.82) is 0 Å². The van der Waals surface area contributed by atoms with Gasteiger partial charge in [0, 0.05) is 23.3 Å². The number of aliphatic carboxylic acids is 1. The van der Waals surface area contributed by atoms with Crippen LogP contribution in [0.25, 0.3) is 0 Å². The number of thioether (sulfide) groups is 1. The normalized spacial score (nSPS) is 19.4. The summed E-state index contributed by atoms with van der Waals surface area (Å²) in [5, 5.41) is 19.3. The lowest BCUT2D eigenvalue weighted by Crippen LogP contribution is -2.71. The number of anilines is 1. The molecule has 5 N–H and O–H groups in total. The molecule has 2 aromatic rings. The predicted octanol–water partition coefficient (Wildman–Crippen LogP) is -1.88. The first kappa shape index (κ1) is 25.8. The lowest BCUT2D eigenvalue weighted by Gasteiger charge is -2.50. The van der Waals surface area contributed by atoms with Gasteiger partial charge in [-0.3, -0.25) is 19.3 Å². The van der Waals surface area contributed by atoms with Crippen molar-refractivity contribution >= 4 is 57.6 Å². The highest BCUT2D eigenvalue weighted by molar-refractivity contribution is 8.00. The minimum absolute atomic E-state index is 0.164. The number of hydrogen-bond acceptors (Lipinski definition) is 11. The van der Waals surface area contributed by atoms with Crippen LogP contribution in [0, 0.1) is 0 Å². The fourth-order valence-electron chi connectivity index (χ4n) is 3.72. The molecule has 2 aromatic heterocycles. The number of carbonyl (C=O) groups excluding carboxylic acids is 4. The summed E-state index contributed by atoms with van der Waals surface area (Å²) in [6, 6.07) is 2.17. The van der Waals surface area contributed by atoms with Crippen molar-refractivity contribution in [3.63, 3.8) is 0 Å². The molecular formula is C22H21N7O6S2. The van der Waals surface area contributed by atoms with E-state index < -0.39 is 35.1 Å². The lowest BCUT2D eigenvalue weighted by atomic mass is 10.0. The van der Waals surface area contributed by atoms with Crippen molar-refractivity contribution in [3.8, 4) is 0 Å². The van der Waals surface area contributed by atoms with Gasteiger partial charge in [-0.05, 0) is 11.6 Å². The molecular weight excluding hydrogens is 522 g/mol. The van der Waals surface area contributed by atoms with Gasteiger partial charge in [0.05, 0.1) is 17.2 Å². The molecule has 13 nitrogen and oxygen atoms in total. The highest BCUT2D eigenvalue weighted by atomic mass is 32.2. The molecule has 1 saturated heterocycles. The second-order valence-corrected chi connectivity index (χ2v) is 9.76. The van der Waals surface area contributed by atoms with E-state index in [2.05, 4.69) is 15.5 Å². The second-order valence-electron chi connectivity index (χ2n) is 7.77. The van der Waals surface area contributed by atoms with E-state index in [1.165, 1.54) is 24.3 Å². The molecule has 0 radical (unpaired) electrons. The Kier molecular flexibility index (Phi) is 7.54. The Labute approximate surface area is 218 Å². The third kappa shape index (κ3) is 5.31. The van der Waals surface area contributed by atoms with Crippen LogP contribution in [0.15, 0.2) is 58.5 Å². The van der Waals surface area contributed by atoms with E-state index in [9.17, 15) is 24.3 Å². The van der Waals surface area contributed by atoms with Crippen molar-refractivity contribution in [1.82, 2.24) is 15.2 Å². The zero-order chi connectivity index (χ0) is 26.7. The second kappa shape index (κ2) is 10.8.